The maximum absolute atomic E-state index is 12.1. The van der Waals surface area contributed by atoms with Crippen molar-refractivity contribution in [2.24, 2.45) is 5.92 Å². The molecule has 114 valence electrons. The van der Waals surface area contributed by atoms with Crippen LogP contribution in [-0.4, -0.2) is 38.6 Å². The fraction of sp³-hybridized carbons (Fsp3) is 0.467. The van der Waals surface area contributed by atoms with Crippen LogP contribution in [0.5, 0.6) is 0 Å². The second-order valence-corrected chi connectivity index (χ2v) is 5.09. The molecule has 3 N–H and O–H groups in total. The predicted molar refractivity (Wildman–Crippen MR) is 81.2 cm³/mol. The second kappa shape index (κ2) is 7.75. The summed E-state index contributed by atoms with van der Waals surface area (Å²) in [4.78, 5) is 23.6. The number of rotatable bonds is 5. The molecule has 1 atom stereocenters. The molecule has 1 unspecified atom stereocenters. The second-order valence-electron chi connectivity index (χ2n) is 5.09. The molecule has 0 radical (unpaired) electrons. The fourth-order valence-electron chi connectivity index (χ4n) is 2.32. The highest BCUT2D eigenvalue weighted by molar-refractivity contribution is 5.95. The van der Waals surface area contributed by atoms with Crippen molar-refractivity contribution < 1.29 is 14.3 Å². The van der Waals surface area contributed by atoms with Gasteiger partial charge in [-0.05, 0) is 37.6 Å². The molecule has 0 aliphatic carbocycles. The molecule has 0 bridgehead atoms. The highest BCUT2D eigenvalue weighted by atomic mass is 16.5. The number of carbonyl (C=O) groups excluding carboxylic acids is 2. The van der Waals surface area contributed by atoms with E-state index in [1.165, 1.54) is 7.11 Å². The van der Waals surface area contributed by atoms with Gasteiger partial charge in [0.2, 0.25) is 11.8 Å². The molecular formula is C15H21N3O3. The number of methoxy groups -OCH3 is 1. The van der Waals surface area contributed by atoms with E-state index in [0.717, 1.165) is 25.9 Å². The molecule has 0 spiro atoms. The zero-order valence-corrected chi connectivity index (χ0v) is 12.1. The molecule has 6 nitrogen and oxygen atoms in total. The molecule has 0 saturated carbocycles. The molecule has 21 heavy (non-hydrogen) atoms. The predicted octanol–water partition coefficient (Wildman–Crippen LogP) is 1.21. The fourth-order valence-corrected chi connectivity index (χ4v) is 2.32. The van der Waals surface area contributed by atoms with Crippen molar-refractivity contribution in [3.8, 4) is 0 Å². The molecule has 2 amide bonds. The Balaban J connectivity index is 1.93. The van der Waals surface area contributed by atoms with Crippen LogP contribution in [0.2, 0.25) is 0 Å². The van der Waals surface area contributed by atoms with Crippen LogP contribution in [0.1, 0.15) is 12.8 Å². The van der Waals surface area contributed by atoms with E-state index in [4.69, 9.17) is 4.74 Å². The number of hydrogen-bond acceptors (Lipinski definition) is 4. The Morgan fingerprint density at radius 2 is 2.10 bits per heavy atom. The van der Waals surface area contributed by atoms with Crippen LogP contribution >= 0.6 is 0 Å². The molecule has 1 aliphatic heterocycles. The van der Waals surface area contributed by atoms with E-state index in [1.807, 2.05) is 0 Å². The minimum atomic E-state index is -0.225. The third-order valence-corrected chi connectivity index (χ3v) is 3.36. The number of hydrogen-bond donors (Lipinski definition) is 3. The summed E-state index contributed by atoms with van der Waals surface area (Å²) in [6, 6.07) is 7.10. The molecule has 1 aromatic carbocycles. The minimum absolute atomic E-state index is 0.00430. The van der Waals surface area contributed by atoms with E-state index in [2.05, 4.69) is 16.0 Å². The Kier molecular flexibility index (Phi) is 5.71. The highest BCUT2D eigenvalue weighted by Crippen LogP contribution is 2.18. The van der Waals surface area contributed by atoms with Gasteiger partial charge in [0.15, 0.2) is 0 Å². The van der Waals surface area contributed by atoms with Gasteiger partial charge in [0.05, 0.1) is 5.92 Å². The van der Waals surface area contributed by atoms with E-state index in [0.29, 0.717) is 11.4 Å². The van der Waals surface area contributed by atoms with Crippen molar-refractivity contribution in [3.05, 3.63) is 24.3 Å². The van der Waals surface area contributed by atoms with Crippen LogP contribution in [0.25, 0.3) is 0 Å². The number of benzene rings is 1. The van der Waals surface area contributed by atoms with Crippen LogP contribution in [0, 0.1) is 5.92 Å². The maximum atomic E-state index is 12.1. The van der Waals surface area contributed by atoms with Gasteiger partial charge in [-0.25, -0.2) is 0 Å². The first-order valence-electron chi connectivity index (χ1n) is 7.09. The Bertz CT molecular complexity index is 499. The lowest BCUT2D eigenvalue weighted by molar-refractivity contribution is -0.120. The summed E-state index contributed by atoms with van der Waals surface area (Å²) in [5.41, 5.74) is 1.32. The summed E-state index contributed by atoms with van der Waals surface area (Å²) in [5, 5.41) is 8.83. The van der Waals surface area contributed by atoms with Crippen LogP contribution in [0.15, 0.2) is 24.3 Å². The van der Waals surface area contributed by atoms with Crippen LogP contribution in [0.4, 0.5) is 11.4 Å². The molecule has 1 heterocycles. The highest BCUT2D eigenvalue weighted by Gasteiger charge is 2.20. The van der Waals surface area contributed by atoms with Crippen molar-refractivity contribution in [1.82, 2.24) is 5.32 Å². The lowest BCUT2D eigenvalue weighted by Gasteiger charge is -2.22. The molecular weight excluding hydrogens is 270 g/mol. The van der Waals surface area contributed by atoms with E-state index < -0.39 is 0 Å². The number of amides is 2. The Labute approximate surface area is 124 Å². The summed E-state index contributed by atoms with van der Waals surface area (Å²) in [6.45, 7) is 1.70. The smallest absolute Gasteiger partial charge is 0.250 e. The van der Waals surface area contributed by atoms with Gasteiger partial charge in [0.25, 0.3) is 0 Å². The molecule has 1 aromatic rings. The van der Waals surface area contributed by atoms with E-state index in [-0.39, 0.29) is 24.3 Å². The number of ether oxygens (including phenoxy) is 1. The van der Waals surface area contributed by atoms with Crippen molar-refractivity contribution in [2.75, 3.05) is 37.4 Å². The number of carbonyl (C=O) groups is 2. The van der Waals surface area contributed by atoms with Crippen molar-refractivity contribution in [2.45, 2.75) is 12.8 Å². The zero-order valence-electron chi connectivity index (χ0n) is 12.1. The lowest BCUT2D eigenvalue weighted by atomic mass is 9.99. The van der Waals surface area contributed by atoms with Gasteiger partial charge < -0.3 is 20.7 Å². The van der Waals surface area contributed by atoms with E-state index in [9.17, 15) is 9.59 Å². The van der Waals surface area contributed by atoms with Crippen molar-refractivity contribution in [3.63, 3.8) is 0 Å². The largest absolute Gasteiger partial charge is 0.375 e. The molecule has 6 heteroatoms. The van der Waals surface area contributed by atoms with Gasteiger partial charge in [-0.1, -0.05) is 6.07 Å². The molecule has 2 rings (SSSR count). The Hall–Kier alpha value is -1.92. The van der Waals surface area contributed by atoms with Gasteiger partial charge in [-0.3, -0.25) is 9.59 Å². The van der Waals surface area contributed by atoms with Crippen molar-refractivity contribution in [1.29, 1.82) is 0 Å². The Morgan fingerprint density at radius 1 is 1.33 bits per heavy atom. The van der Waals surface area contributed by atoms with Crippen LogP contribution < -0.4 is 16.0 Å². The van der Waals surface area contributed by atoms with Gasteiger partial charge in [-0.2, -0.15) is 0 Å². The zero-order chi connectivity index (χ0) is 15.1. The lowest BCUT2D eigenvalue weighted by Crippen LogP contribution is -2.37. The minimum Gasteiger partial charge on any atom is -0.375 e. The summed E-state index contributed by atoms with van der Waals surface area (Å²) >= 11 is 0. The molecule has 1 aliphatic rings. The quantitative estimate of drug-likeness (QED) is 0.762. The van der Waals surface area contributed by atoms with Crippen LogP contribution in [0.3, 0.4) is 0 Å². The SMILES string of the molecule is COCC(=O)Nc1cccc(NC(=O)C2CCCNC2)c1. The van der Waals surface area contributed by atoms with Gasteiger partial charge in [-0.15, -0.1) is 0 Å². The van der Waals surface area contributed by atoms with Crippen LogP contribution in [-0.2, 0) is 14.3 Å². The average Bonchev–Trinajstić information content (AvgIpc) is 2.48. The summed E-state index contributed by atoms with van der Waals surface area (Å²) in [6.07, 6.45) is 1.92. The first kappa shape index (κ1) is 15.5. The third kappa shape index (κ3) is 4.84. The monoisotopic (exact) mass is 291 g/mol. The molecule has 0 aromatic heterocycles. The number of piperidine rings is 1. The maximum Gasteiger partial charge on any atom is 0.250 e. The summed E-state index contributed by atoms with van der Waals surface area (Å²) < 4.78 is 4.76. The summed E-state index contributed by atoms with van der Waals surface area (Å²) in [5.74, 6) is -0.203. The van der Waals surface area contributed by atoms with Gasteiger partial charge >= 0.3 is 0 Å². The standard InChI is InChI=1S/C15H21N3O3/c1-21-10-14(19)17-12-5-2-6-13(8-12)18-15(20)11-4-3-7-16-9-11/h2,5-6,8,11,16H,3-4,7,9-10H2,1H3,(H,17,19)(H,18,20). The third-order valence-electron chi connectivity index (χ3n) is 3.36. The van der Waals surface area contributed by atoms with E-state index in [1.54, 1.807) is 24.3 Å². The van der Waals surface area contributed by atoms with Gasteiger partial charge in [0, 0.05) is 25.0 Å². The number of nitrogens with one attached hydrogen (secondary N) is 3. The van der Waals surface area contributed by atoms with E-state index >= 15 is 0 Å². The summed E-state index contributed by atoms with van der Waals surface area (Å²) in [7, 11) is 1.47. The average molecular weight is 291 g/mol. The Morgan fingerprint density at radius 3 is 2.76 bits per heavy atom. The molecule has 1 fully saturated rings. The normalized spacial score (nSPS) is 18.0. The van der Waals surface area contributed by atoms with Gasteiger partial charge in [0.1, 0.15) is 6.61 Å². The topological polar surface area (TPSA) is 79.5 Å². The number of anilines is 2. The first-order chi connectivity index (χ1) is 10.2. The first-order valence-corrected chi connectivity index (χ1v) is 7.09. The van der Waals surface area contributed by atoms with Crippen molar-refractivity contribution >= 4 is 23.2 Å². The molecule has 1 saturated heterocycles.